The number of aldehydes is 1. The van der Waals surface area contributed by atoms with E-state index in [1.807, 2.05) is 13.0 Å². The van der Waals surface area contributed by atoms with Crippen molar-refractivity contribution in [1.29, 1.82) is 0 Å². The Morgan fingerprint density at radius 3 is 2.71 bits per heavy atom. The first-order valence-electron chi connectivity index (χ1n) is 9.13. The van der Waals surface area contributed by atoms with Gasteiger partial charge in [-0.1, -0.05) is 55.4 Å². The molecule has 0 fully saturated rings. The van der Waals surface area contributed by atoms with E-state index < -0.39 is 12.3 Å². The van der Waals surface area contributed by atoms with E-state index in [-0.39, 0.29) is 17.9 Å². The maximum Gasteiger partial charge on any atom is 0.143 e. The smallest absolute Gasteiger partial charge is 0.143 e. The lowest BCUT2D eigenvalue weighted by Crippen LogP contribution is -2.19. The van der Waals surface area contributed by atoms with E-state index in [2.05, 4.69) is 32.9 Å². The van der Waals surface area contributed by atoms with Gasteiger partial charge in [0.1, 0.15) is 7.63 Å². The summed E-state index contributed by atoms with van der Waals surface area (Å²) in [6.07, 6.45) is 12.0. The molecule has 0 spiro atoms. The van der Waals surface area contributed by atoms with Crippen molar-refractivity contribution in [1.82, 2.24) is 0 Å². The largest absolute Gasteiger partial charge is 0.299 e. The van der Waals surface area contributed by atoms with Crippen LogP contribution in [0.5, 0.6) is 0 Å². The van der Waals surface area contributed by atoms with E-state index in [0.29, 0.717) is 0 Å². The zero-order valence-corrected chi connectivity index (χ0v) is 13.6. The van der Waals surface area contributed by atoms with E-state index in [4.69, 9.17) is 4.11 Å². The number of hydrogen-bond donors (Lipinski definition) is 0. The van der Waals surface area contributed by atoms with Crippen molar-refractivity contribution in [2.24, 2.45) is 5.41 Å². The van der Waals surface area contributed by atoms with Gasteiger partial charge in [0, 0.05) is 1.37 Å². The number of allylic oxidation sites excluding steroid dienone is 10. The molecule has 0 saturated carbocycles. The molecule has 0 radical (unpaired) electrons. The summed E-state index contributed by atoms with van der Waals surface area (Å²) < 4.78 is 21.8. The number of hydrogen-bond acceptors (Lipinski definition) is 1. The van der Waals surface area contributed by atoms with Crippen molar-refractivity contribution in [2.75, 3.05) is 0 Å². The molecule has 0 aromatic rings. The van der Waals surface area contributed by atoms with Crippen LogP contribution in [0.25, 0.3) is 0 Å². The molecule has 0 N–H and O–H groups in total. The fourth-order valence-electron chi connectivity index (χ4n) is 2.70. The molecule has 21 heavy (non-hydrogen) atoms. The van der Waals surface area contributed by atoms with Crippen molar-refractivity contribution in [2.45, 2.75) is 53.9 Å². The molecule has 0 aromatic heterocycles. The molecular weight excluding hydrogens is 256 g/mol. The van der Waals surface area contributed by atoms with Crippen molar-refractivity contribution >= 4 is 6.26 Å². The Labute approximate surface area is 134 Å². The van der Waals surface area contributed by atoms with E-state index in [9.17, 15) is 4.79 Å². The SMILES string of the molecule is [2H]CC(C=CC=C(C)C=CC1=C(C)CCCC1(C)C)=C([2H])C([2H])=O. The molecule has 0 bridgehead atoms. The van der Waals surface area contributed by atoms with Gasteiger partial charge < -0.3 is 0 Å². The summed E-state index contributed by atoms with van der Waals surface area (Å²) in [4.78, 5) is 10.9. The van der Waals surface area contributed by atoms with Crippen molar-refractivity contribution in [3.05, 3.63) is 58.7 Å². The average Bonchev–Trinajstić information content (AvgIpc) is 2.49. The predicted octanol–water partition coefficient (Wildman–Crippen LogP) is 5.72. The van der Waals surface area contributed by atoms with Crippen LogP contribution in [0.15, 0.2) is 58.7 Å². The van der Waals surface area contributed by atoms with Crippen LogP contribution in [0.4, 0.5) is 0 Å². The van der Waals surface area contributed by atoms with Gasteiger partial charge in [-0.15, -0.1) is 0 Å². The zero-order chi connectivity index (χ0) is 18.3. The molecule has 0 amide bonds. The quantitative estimate of drug-likeness (QED) is 0.359. The van der Waals surface area contributed by atoms with Crippen LogP contribution >= 0.6 is 0 Å². The first-order chi connectivity index (χ1) is 11.2. The van der Waals surface area contributed by atoms with Gasteiger partial charge in [0.15, 0.2) is 0 Å². The highest BCUT2D eigenvalue weighted by atomic mass is 16.1. The Morgan fingerprint density at radius 2 is 2.10 bits per heavy atom. The van der Waals surface area contributed by atoms with Crippen LogP contribution in [0.2, 0.25) is 0 Å². The van der Waals surface area contributed by atoms with Crippen LogP contribution in [0.3, 0.4) is 0 Å². The molecule has 0 heterocycles. The molecule has 114 valence electrons. The summed E-state index contributed by atoms with van der Waals surface area (Å²) in [5.74, 6) is 0. The van der Waals surface area contributed by atoms with Gasteiger partial charge in [0.2, 0.25) is 0 Å². The normalized spacial score (nSPS) is 23.0. The Bertz CT molecular complexity index is 631. The lowest BCUT2D eigenvalue weighted by Gasteiger charge is -2.32. The third-order valence-corrected chi connectivity index (χ3v) is 3.92. The minimum absolute atomic E-state index is 0.178. The second-order valence-corrected chi connectivity index (χ2v) is 6.29. The minimum atomic E-state index is -1.05. The molecule has 0 unspecified atom stereocenters. The van der Waals surface area contributed by atoms with Crippen LogP contribution < -0.4 is 0 Å². The maximum absolute atomic E-state index is 10.9. The molecule has 1 heteroatoms. The van der Waals surface area contributed by atoms with E-state index in [1.165, 1.54) is 24.0 Å². The summed E-state index contributed by atoms with van der Waals surface area (Å²) in [5, 5.41) is 0. The molecular formula is C20H28O. The van der Waals surface area contributed by atoms with E-state index in [0.717, 1.165) is 12.0 Å². The van der Waals surface area contributed by atoms with Crippen LogP contribution in [-0.2, 0) is 4.79 Å². The van der Waals surface area contributed by atoms with Gasteiger partial charge in [-0.25, -0.2) is 0 Å². The van der Waals surface area contributed by atoms with Gasteiger partial charge in [-0.2, -0.15) is 0 Å². The van der Waals surface area contributed by atoms with Crippen LogP contribution in [0.1, 0.15) is 58.0 Å². The zero-order valence-electron chi connectivity index (χ0n) is 16.6. The second kappa shape index (κ2) is 7.97. The van der Waals surface area contributed by atoms with Gasteiger partial charge in [-0.3, -0.25) is 4.79 Å². The standard InChI is InChI=1S/C20H28O/c1-16(8-6-9-17(2)13-15-21)11-12-19-18(3)10-7-14-20(19,4)5/h6,8-9,11-13,15H,7,10,14H2,1-5H3/i2D,13D,15D. The first kappa shape index (κ1) is 13.1. The van der Waals surface area contributed by atoms with Gasteiger partial charge >= 0.3 is 0 Å². The van der Waals surface area contributed by atoms with Crippen molar-refractivity contribution in [3.63, 3.8) is 0 Å². The summed E-state index contributed by atoms with van der Waals surface area (Å²) >= 11 is 0. The Kier molecular flexibility index (Phi) is 4.96. The van der Waals surface area contributed by atoms with Crippen molar-refractivity contribution in [3.8, 4) is 0 Å². The van der Waals surface area contributed by atoms with Crippen LogP contribution in [-0.4, -0.2) is 6.26 Å². The Balaban J connectivity index is 2.89. The van der Waals surface area contributed by atoms with Gasteiger partial charge in [-0.05, 0) is 62.6 Å². The van der Waals surface area contributed by atoms with Crippen LogP contribution in [0, 0.1) is 5.41 Å². The number of rotatable bonds is 5. The Morgan fingerprint density at radius 1 is 1.33 bits per heavy atom. The maximum atomic E-state index is 10.9. The highest BCUT2D eigenvalue weighted by molar-refractivity contribution is 5.66. The number of carbonyl (C=O) groups excluding carboxylic acids is 1. The second-order valence-electron chi connectivity index (χ2n) is 6.29. The molecule has 1 nitrogen and oxygen atoms in total. The highest BCUT2D eigenvalue weighted by Crippen LogP contribution is 2.40. The lowest BCUT2D eigenvalue weighted by molar-refractivity contribution is -0.104. The summed E-state index contributed by atoms with van der Waals surface area (Å²) in [5.41, 5.74) is 4.39. The molecule has 1 aliphatic carbocycles. The van der Waals surface area contributed by atoms with Gasteiger partial charge in [0.05, 0.1) is 1.37 Å². The Hall–Kier alpha value is -1.63. The summed E-state index contributed by atoms with van der Waals surface area (Å²) in [7, 11) is 0. The van der Waals surface area contributed by atoms with Gasteiger partial charge in [0.25, 0.3) is 0 Å². The molecule has 1 rings (SSSR count). The third kappa shape index (κ3) is 5.71. The van der Waals surface area contributed by atoms with Crippen molar-refractivity contribution < 1.29 is 8.91 Å². The fourth-order valence-corrected chi connectivity index (χ4v) is 2.70. The monoisotopic (exact) mass is 287 g/mol. The van der Waals surface area contributed by atoms with E-state index >= 15 is 0 Å². The predicted molar refractivity (Wildman–Crippen MR) is 92.2 cm³/mol. The lowest BCUT2D eigenvalue weighted by atomic mass is 9.72. The molecule has 0 aromatic carbocycles. The van der Waals surface area contributed by atoms with E-state index in [1.54, 1.807) is 12.2 Å². The molecule has 0 atom stereocenters. The summed E-state index contributed by atoms with van der Waals surface area (Å²) in [6.45, 7) is 8.59. The summed E-state index contributed by atoms with van der Waals surface area (Å²) in [6, 6.07) is -0.410. The number of carbonyl (C=O) groups is 1. The highest BCUT2D eigenvalue weighted by Gasteiger charge is 2.26. The minimum Gasteiger partial charge on any atom is -0.299 e. The third-order valence-electron chi connectivity index (χ3n) is 3.92. The molecule has 0 saturated heterocycles. The first-order valence-corrected chi connectivity index (χ1v) is 7.42. The molecule has 1 aliphatic rings. The fraction of sp³-hybridized carbons (Fsp3) is 0.450. The topological polar surface area (TPSA) is 17.1 Å². The average molecular weight is 287 g/mol. The molecule has 0 aliphatic heterocycles.